The van der Waals surface area contributed by atoms with Crippen molar-refractivity contribution in [2.45, 2.75) is 44.6 Å². The summed E-state index contributed by atoms with van der Waals surface area (Å²) >= 11 is 0. The van der Waals surface area contributed by atoms with Gasteiger partial charge in [-0.25, -0.2) is 4.79 Å². The Morgan fingerprint density at radius 3 is 2.61 bits per heavy atom. The molecule has 0 bridgehead atoms. The molecule has 23 heavy (non-hydrogen) atoms. The summed E-state index contributed by atoms with van der Waals surface area (Å²) < 4.78 is 41.1. The summed E-state index contributed by atoms with van der Waals surface area (Å²) in [6.07, 6.45) is 0.477. The predicted octanol–water partition coefficient (Wildman–Crippen LogP) is 2.69. The molecular formula is C16H22FNO4S. The summed E-state index contributed by atoms with van der Waals surface area (Å²) in [6.45, 7) is 5.22. The maximum Gasteiger partial charge on any atom is 0.407 e. The number of hydrogen-bond acceptors (Lipinski definition) is 4. The van der Waals surface area contributed by atoms with Gasteiger partial charge in [-0.05, 0) is 44.7 Å². The lowest BCUT2D eigenvalue weighted by atomic mass is 9.84. The van der Waals surface area contributed by atoms with Crippen molar-refractivity contribution in [2.24, 2.45) is 0 Å². The number of nitrogens with one attached hydrogen (secondary N) is 1. The second kappa shape index (κ2) is 6.11. The van der Waals surface area contributed by atoms with Gasteiger partial charge < -0.3 is 10.1 Å². The summed E-state index contributed by atoms with van der Waals surface area (Å²) in [4.78, 5) is 11.9. The Bertz CT molecular complexity index is 696. The number of halogens is 1. The van der Waals surface area contributed by atoms with E-state index in [1.165, 1.54) is 0 Å². The highest BCUT2D eigenvalue weighted by Crippen LogP contribution is 2.40. The zero-order valence-corrected chi connectivity index (χ0v) is 14.4. The minimum atomic E-state index is -4.68. The van der Waals surface area contributed by atoms with Gasteiger partial charge in [0.2, 0.25) is 0 Å². The van der Waals surface area contributed by atoms with Crippen LogP contribution in [0, 0.1) is 0 Å². The van der Waals surface area contributed by atoms with E-state index in [-0.39, 0.29) is 6.54 Å². The van der Waals surface area contributed by atoms with Crippen LogP contribution in [-0.4, -0.2) is 32.4 Å². The first-order valence-corrected chi connectivity index (χ1v) is 9.04. The van der Waals surface area contributed by atoms with Crippen molar-refractivity contribution < 1.29 is 21.8 Å². The Balaban J connectivity index is 2.22. The van der Waals surface area contributed by atoms with Crippen molar-refractivity contribution in [2.75, 3.05) is 12.3 Å². The minimum absolute atomic E-state index is 0.0159. The van der Waals surface area contributed by atoms with Crippen molar-refractivity contribution in [3.8, 4) is 0 Å². The molecule has 1 aromatic carbocycles. The van der Waals surface area contributed by atoms with Gasteiger partial charge in [0.15, 0.2) is 0 Å². The molecule has 0 saturated heterocycles. The van der Waals surface area contributed by atoms with Gasteiger partial charge in [-0.1, -0.05) is 24.3 Å². The molecule has 5 nitrogen and oxygen atoms in total. The smallest absolute Gasteiger partial charge is 0.407 e. The van der Waals surface area contributed by atoms with Crippen LogP contribution in [0.1, 0.15) is 38.3 Å². The number of carbonyl (C=O) groups is 1. The normalized spacial score (nSPS) is 20.9. The molecule has 0 aliphatic heterocycles. The van der Waals surface area contributed by atoms with Crippen LogP contribution in [-0.2, 0) is 26.8 Å². The number of aryl methyl sites for hydroxylation is 1. The average molecular weight is 343 g/mol. The highest BCUT2D eigenvalue weighted by atomic mass is 32.3. The molecule has 128 valence electrons. The van der Waals surface area contributed by atoms with Crippen molar-refractivity contribution in [3.05, 3.63) is 35.4 Å². The fraction of sp³-hybridized carbons (Fsp3) is 0.562. The third kappa shape index (κ3) is 4.67. The lowest BCUT2D eigenvalue weighted by Crippen LogP contribution is -2.45. The molecule has 1 amide bonds. The number of rotatable bonds is 4. The molecule has 1 aromatic rings. The van der Waals surface area contributed by atoms with E-state index in [9.17, 15) is 17.1 Å². The maximum atomic E-state index is 13.4. The van der Waals surface area contributed by atoms with Crippen LogP contribution in [0.15, 0.2) is 24.3 Å². The first kappa shape index (κ1) is 17.7. The summed E-state index contributed by atoms with van der Waals surface area (Å²) in [6, 6.07) is 7.34. The van der Waals surface area contributed by atoms with Gasteiger partial charge in [0.1, 0.15) is 5.60 Å². The van der Waals surface area contributed by atoms with E-state index in [0.29, 0.717) is 12.8 Å². The van der Waals surface area contributed by atoms with Gasteiger partial charge in [0, 0.05) is 12.0 Å². The Labute approximate surface area is 136 Å². The SMILES string of the molecule is CC(C)(C)OC(=O)NCC1(CS(=O)(=O)F)CCc2ccccc21. The van der Waals surface area contributed by atoms with Crippen LogP contribution in [0.3, 0.4) is 0 Å². The van der Waals surface area contributed by atoms with Crippen molar-refractivity contribution in [1.29, 1.82) is 0 Å². The number of benzene rings is 1. The largest absolute Gasteiger partial charge is 0.444 e. The first-order chi connectivity index (χ1) is 10.5. The second-order valence-electron chi connectivity index (χ2n) is 6.98. The van der Waals surface area contributed by atoms with E-state index in [1.807, 2.05) is 12.1 Å². The Morgan fingerprint density at radius 2 is 2.00 bits per heavy atom. The molecule has 0 heterocycles. The van der Waals surface area contributed by atoms with Gasteiger partial charge in [0.05, 0.1) is 5.75 Å². The fourth-order valence-electron chi connectivity index (χ4n) is 3.03. The van der Waals surface area contributed by atoms with E-state index in [2.05, 4.69) is 5.32 Å². The standard InChI is InChI=1S/C16H22FNO4S/c1-15(2,3)22-14(19)18-10-16(11-23(17,20)21)9-8-12-6-4-5-7-13(12)16/h4-7H,8-11H2,1-3H3,(H,18,19). The van der Waals surface area contributed by atoms with E-state index in [4.69, 9.17) is 4.74 Å². The number of alkyl carbamates (subject to hydrolysis) is 1. The second-order valence-corrected chi connectivity index (χ2v) is 8.34. The van der Waals surface area contributed by atoms with Crippen molar-refractivity contribution >= 4 is 16.3 Å². The molecule has 0 fully saturated rings. The molecule has 1 aliphatic rings. The minimum Gasteiger partial charge on any atom is -0.444 e. The van der Waals surface area contributed by atoms with E-state index in [1.54, 1.807) is 32.9 Å². The van der Waals surface area contributed by atoms with E-state index < -0.39 is 33.1 Å². The lowest BCUT2D eigenvalue weighted by molar-refractivity contribution is 0.0516. The van der Waals surface area contributed by atoms with E-state index >= 15 is 0 Å². The number of ether oxygens (including phenoxy) is 1. The molecular weight excluding hydrogens is 321 g/mol. The quantitative estimate of drug-likeness (QED) is 0.853. The number of fused-ring (bicyclic) bond motifs is 1. The third-order valence-corrected chi connectivity index (χ3v) is 4.78. The Morgan fingerprint density at radius 1 is 1.35 bits per heavy atom. The van der Waals surface area contributed by atoms with Crippen molar-refractivity contribution in [1.82, 2.24) is 5.32 Å². The fourth-order valence-corrected chi connectivity index (χ4v) is 4.10. The van der Waals surface area contributed by atoms with Crippen LogP contribution < -0.4 is 5.32 Å². The lowest BCUT2D eigenvalue weighted by Gasteiger charge is -2.30. The van der Waals surface area contributed by atoms with Gasteiger partial charge in [-0.15, -0.1) is 3.89 Å². The predicted molar refractivity (Wildman–Crippen MR) is 85.6 cm³/mol. The zero-order chi connectivity index (χ0) is 17.3. The summed E-state index contributed by atoms with van der Waals surface area (Å²) in [5.41, 5.74) is 0.150. The summed E-state index contributed by atoms with van der Waals surface area (Å²) in [5, 5.41) is 2.59. The van der Waals surface area contributed by atoms with Gasteiger partial charge in [0.25, 0.3) is 0 Å². The molecule has 7 heteroatoms. The first-order valence-electron chi connectivity index (χ1n) is 7.48. The maximum absolute atomic E-state index is 13.4. The highest BCUT2D eigenvalue weighted by Gasteiger charge is 2.42. The molecule has 1 atom stereocenters. The van der Waals surface area contributed by atoms with Crippen molar-refractivity contribution in [3.63, 3.8) is 0 Å². The zero-order valence-electron chi connectivity index (χ0n) is 13.6. The van der Waals surface area contributed by atoms with Gasteiger partial charge in [-0.2, -0.15) is 8.42 Å². The molecule has 1 unspecified atom stereocenters. The third-order valence-electron chi connectivity index (χ3n) is 3.88. The molecule has 0 aromatic heterocycles. The molecule has 0 radical (unpaired) electrons. The average Bonchev–Trinajstić information content (AvgIpc) is 2.73. The van der Waals surface area contributed by atoms with Crippen LogP contribution in [0.5, 0.6) is 0 Å². The summed E-state index contributed by atoms with van der Waals surface area (Å²) in [5.74, 6) is -0.646. The molecule has 0 spiro atoms. The summed E-state index contributed by atoms with van der Waals surface area (Å²) in [7, 11) is -4.68. The van der Waals surface area contributed by atoms with Crippen LogP contribution >= 0.6 is 0 Å². The topological polar surface area (TPSA) is 72.5 Å². The monoisotopic (exact) mass is 343 g/mol. The Hall–Kier alpha value is -1.63. The highest BCUT2D eigenvalue weighted by molar-refractivity contribution is 7.86. The molecule has 0 saturated carbocycles. The Kier molecular flexibility index (Phi) is 4.71. The molecule has 1 N–H and O–H groups in total. The number of hydrogen-bond donors (Lipinski definition) is 1. The van der Waals surface area contributed by atoms with Gasteiger partial charge in [-0.3, -0.25) is 0 Å². The van der Waals surface area contributed by atoms with Gasteiger partial charge >= 0.3 is 16.3 Å². The molecule has 2 rings (SSSR count). The molecule has 1 aliphatic carbocycles. The van der Waals surface area contributed by atoms with Crippen LogP contribution in [0.25, 0.3) is 0 Å². The van der Waals surface area contributed by atoms with Crippen LogP contribution in [0.4, 0.5) is 8.68 Å². The number of amides is 1. The van der Waals surface area contributed by atoms with E-state index in [0.717, 1.165) is 11.1 Å². The number of carbonyl (C=O) groups excluding carboxylic acids is 1. The van der Waals surface area contributed by atoms with Crippen LogP contribution in [0.2, 0.25) is 0 Å².